The third-order valence-corrected chi connectivity index (χ3v) is 4.75. The molecule has 0 atom stereocenters. The second-order valence-corrected chi connectivity index (χ2v) is 7.06. The van der Waals surface area contributed by atoms with Gasteiger partial charge in [0.2, 0.25) is 5.91 Å². The number of hydrogen-bond donors (Lipinski definition) is 3. The Morgan fingerprint density at radius 1 is 1.34 bits per heavy atom. The van der Waals surface area contributed by atoms with Crippen molar-refractivity contribution in [2.45, 2.75) is 26.8 Å². The number of carbonyl (C=O) groups is 2. The van der Waals surface area contributed by atoms with Crippen LogP contribution in [0.2, 0.25) is 0 Å². The number of fused-ring (bicyclic) bond motifs is 1. The standard InChI is InChI=1S/C22H28N4O3/c1-14(16(3)23)6-5-7-15(2)25-22(28)19-10-18-12-26(13-21(24)27)9-8-17(18)11-20(19)29-4/h5-7,10-11,23H,2,8-9,12-13H2,1,3-4H3,(H2,24,27)(H,25,28)/b7-5-,14-6+,23-16?. The van der Waals surface area contributed by atoms with Crippen LogP contribution in [0, 0.1) is 5.41 Å². The van der Waals surface area contributed by atoms with Crippen LogP contribution in [-0.2, 0) is 17.8 Å². The van der Waals surface area contributed by atoms with E-state index in [2.05, 4.69) is 11.9 Å². The summed E-state index contributed by atoms with van der Waals surface area (Å²) in [5, 5.41) is 10.3. The van der Waals surface area contributed by atoms with E-state index in [4.69, 9.17) is 15.9 Å². The van der Waals surface area contributed by atoms with Crippen LogP contribution in [0.5, 0.6) is 5.75 Å². The highest BCUT2D eigenvalue weighted by molar-refractivity contribution is 5.98. The minimum absolute atomic E-state index is 0.191. The third kappa shape index (κ3) is 6.15. The zero-order valence-corrected chi connectivity index (χ0v) is 17.2. The Hall–Kier alpha value is -3.19. The molecule has 2 amide bonds. The summed E-state index contributed by atoms with van der Waals surface area (Å²) in [7, 11) is 1.53. The average molecular weight is 396 g/mol. The molecule has 7 heteroatoms. The number of allylic oxidation sites excluding steroid dienone is 4. The van der Waals surface area contributed by atoms with Gasteiger partial charge in [0.1, 0.15) is 5.75 Å². The summed E-state index contributed by atoms with van der Waals surface area (Å²) < 4.78 is 5.42. The fourth-order valence-corrected chi connectivity index (χ4v) is 3.04. The highest BCUT2D eigenvalue weighted by atomic mass is 16.5. The Morgan fingerprint density at radius 3 is 2.69 bits per heavy atom. The molecule has 4 N–H and O–H groups in total. The van der Waals surface area contributed by atoms with E-state index in [9.17, 15) is 9.59 Å². The van der Waals surface area contributed by atoms with E-state index in [0.717, 1.165) is 29.7 Å². The van der Waals surface area contributed by atoms with Crippen LogP contribution in [0.3, 0.4) is 0 Å². The van der Waals surface area contributed by atoms with E-state index >= 15 is 0 Å². The van der Waals surface area contributed by atoms with Gasteiger partial charge in [-0.05, 0) is 55.2 Å². The van der Waals surface area contributed by atoms with Crippen molar-refractivity contribution >= 4 is 17.5 Å². The van der Waals surface area contributed by atoms with Crippen molar-refractivity contribution in [1.29, 1.82) is 5.41 Å². The van der Waals surface area contributed by atoms with Crippen LogP contribution in [0.4, 0.5) is 0 Å². The molecule has 1 aromatic rings. The average Bonchev–Trinajstić information content (AvgIpc) is 2.66. The van der Waals surface area contributed by atoms with Crippen LogP contribution in [0.25, 0.3) is 0 Å². The number of methoxy groups -OCH3 is 1. The summed E-state index contributed by atoms with van der Waals surface area (Å²) in [5.41, 5.74) is 9.52. The van der Waals surface area contributed by atoms with Crippen molar-refractivity contribution in [3.05, 3.63) is 64.9 Å². The summed E-state index contributed by atoms with van der Waals surface area (Å²) in [6.07, 6.45) is 5.95. The molecule has 0 aromatic heterocycles. The van der Waals surface area contributed by atoms with E-state index in [0.29, 0.717) is 29.3 Å². The number of nitrogens with two attached hydrogens (primary N) is 1. The van der Waals surface area contributed by atoms with Gasteiger partial charge in [0, 0.05) is 24.5 Å². The molecular weight excluding hydrogens is 368 g/mol. The first-order chi connectivity index (χ1) is 13.7. The molecule has 0 spiro atoms. The molecule has 29 heavy (non-hydrogen) atoms. The Bertz CT molecular complexity index is 900. The van der Waals surface area contributed by atoms with Crippen molar-refractivity contribution in [1.82, 2.24) is 10.2 Å². The summed E-state index contributed by atoms with van der Waals surface area (Å²) in [6.45, 7) is 8.87. The first kappa shape index (κ1) is 22.1. The second kappa shape index (κ2) is 9.84. The summed E-state index contributed by atoms with van der Waals surface area (Å²) in [5.74, 6) is -0.197. The molecule has 0 bridgehead atoms. The minimum atomic E-state index is -0.370. The normalized spacial score (nSPS) is 14.4. The van der Waals surface area contributed by atoms with Gasteiger partial charge in [-0.3, -0.25) is 14.5 Å². The first-order valence-electron chi connectivity index (χ1n) is 9.32. The van der Waals surface area contributed by atoms with E-state index in [1.54, 1.807) is 31.2 Å². The smallest absolute Gasteiger partial charge is 0.259 e. The predicted molar refractivity (Wildman–Crippen MR) is 114 cm³/mol. The van der Waals surface area contributed by atoms with Crippen LogP contribution >= 0.6 is 0 Å². The lowest BCUT2D eigenvalue weighted by atomic mass is 9.96. The van der Waals surface area contributed by atoms with Gasteiger partial charge in [-0.15, -0.1) is 0 Å². The fourth-order valence-electron chi connectivity index (χ4n) is 3.04. The number of benzene rings is 1. The Balaban J connectivity index is 2.16. The fraction of sp³-hybridized carbons (Fsp3) is 0.318. The minimum Gasteiger partial charge on any atom is -0.496 e. The molecule has 7 nitrogen and oxygen atoms in total. The van der Waals surface area contributed by atoms with E-state index in [1.165, 1.54) is 7.11 Å². The second-order valence-electron chi connectivity index (χ2n) is 7.06. The lowest BCUT2D eigenvalue weighted by Crippen LogP contribution is -2.37. The van der Waals surface area contributed by atoms with Gasteiger partial charge >= 0.3 is 0 Å². The Kier molecular flexibility index (Phi) is 7.50. The molecule has 1 aromatic carbocycles. The lowest BCUT2D eigenvalue weighted by molar-refractivity contribution is -0.119. The molecule has 1 heterocycles. The SMILES string of the molecule is C=C(/C=C\C=C(/C)C(C)=N)NC(=O)c1cc2c(cc1OC)CCN(CC(N)=O)C2. The van der Waals surface area contributed by atoms with Crippen molar-refractivity contribution in [3.63, 3.8) is 0 Å². The number of ether oxygens (including phenoxy) is 1. The number of rotatable bonds is 8. The monoisotopic (exact) mass is 396 g/mol. The maximum absolute atomic E-state index is 12.8. The van der Waals surface area contributed by atoms with E-state index in [-0.39, 0.29) is 18.4 Å². The summed E-state index contributed by atoms with van der Waals surface area (Å²) >= 11 is 0. The highest BCUT2D eigenvalue weighted by Gasteiger charge is 2.22. The molecule has 0 fully saturated rings. The van der Waals surface area contributed by atoms with Gasteiger partial charge in [-0.1, -0.05) is 18.7 Å². The number of nitrogens with one attached hydrogen (secondary N) is 2. The molecule has 0 radical (unpaired) electrons. The van der Waals surface area contributed by atoms with Crippen LogP contribution in [0.1, 0.15) is 35.3 Å². The molecule has 0 saturated heterocycles. The molecule has 1 aliphatic heterocycles. The van der Waals surface area contributed by atoms with Crippen molar-refractivity contribution < 1.29 is 14.3 Å². The molecule has 0 unspecified atom stereocenters. The molecule has 0 saturated carbocycles. The Morgan fingerprint density at radius 2 is 2.07 bits per heavy atom. The predicted octanol–water partition coefficient (Wildman–Crippen LogP) is 2.32. The number of carbonyl (C=O) groups excluding carboxylic acids is 2. The summed E-state index contributed by atoms with van der Waals surface area (Å²) in [6, 6.07) is 3.68. The number of primary amides is 1. The van der Waals surface area contributed by atoms with Gasteiger partial charge in [0.25, 0.3) is 5.91 Å². The van der Waals surface area contributed by atoms with E-state index in [1.807, 2.05) is 17.9 Å². The summed E-state index contributed by atoms with van der Waals surface area (Å²) in [4.78, 5) is 25.9. The van der Waals surface area contributed by atoms with Gasteiger partial charge in [0.05, 0.1) is 19.2 Å². The maximum atomic E-state index is 12.8. The van der Waals surface area contributed by atoms with Gasteiger partial charge in [-0.25, -0.2) is 0 Å². The number of amides is 2. The van der Waals surface area contributed by atoms with Gasteiger partial charge in [-0.2, -0.15) is 0 Å². The van der Waals surface area contributed by atoms with Crippen LogP contribution in [0.15, 0.2) is 48.2 Å². The van der Waals surface area contributed by atoms with Gasteiger partial charge in [0.15, 0.2) is 0 Å². The third-order valence-electron chi connectivity index (χ3n) is 4.75. The largest absolute Gasteiger partial charge is 0.496 e. The molecule has 2 rings (SSSR count). The van der Waals surface area contributed by atoms with Crippen molar-refractivity contribution in [3.8, 4) is 5.75 Å². The zero-order chi connectivity index (χ0) is 21.6. The lowest BCUT2D eigenvalue weighted by Gasteiger charge is -2.28. The first-order valence-corrected chi connectivity index (χ1v) is 9.32. The highest BCUT2D eigenvalue weighted by Crippen LogP contribution is 2.28. The zero-order valence-electron chi connectivity index (χ0n) is 17.2. The number of nitrogens with zero attached hydrogens (tertiary/aromatic N) is 1. The van der Waals surface area contributed by atoms with Crippen LogP contribution < -0.4 is 15.8 Å². The van der Waals surface area contributed by atoms with Crippen molar-refractivity contribution in [2.24, 2.45) is 5.73 Å². The maximum Gasteiger partial charge on any atom is 0.259 e. The molecule has 154 valence electrons. The topological polar surface area (TPSA) is 109 Å². The Labute approximate surface area is 171 Å². The quantitative estimate of drug-likeness (QED) is 0.463. The van der Waals surface area contributed by atoms with E-state index < -0.39 is 0 Å². The van der Waals surface area contributed by atoms with Crippen molar-refractivity contribution in [2.75, 3.05) is 20.2 Å². The molecule has 1 aliphatic rings. The molecular formula is C22H28N4O3. The van der Waals surface area contributed by atoms with Gasteiger partial charge < -0.3 is 21.2 Å². The number of hydrogen-bond acceptors (Lipinski definition) is 5. The van der Waals surface area contributed by atoms with Crippen LogP contribution in [-0.4, -0.2) is 42.6 Å². The molecule has 0 aliphatic carbocycles.